The van der Waals surface area contributed by atoms with Gasteiger partial charge in [0.1, 0.15) is 0 Å². The number of pyridine rings is 1. The Hall–Kier alpha value is -0.260. The number of ether oxygens (including phenoxy) is 1. The first kappa shape index (κ1) is 14.2. The highest BCUT2D eigenvalue weighted by atomic mass is 79.9. The summed E-state index contributed by atoms with van der Waals surface area (Å²) in [5, 5.41) is 0. The number of halogens is 1. The average molecular weight is 331 g/mol. The first-order valence-corrected chi connectivity index (χ1v) is 8.34. The summed E-state index contributed by atoms with van der Waals surface area (Å²) in [6, 6.07) is 3.85. The van der Waals surface area contributed by atoms with E-state index in [1.807, 2.05) is 23.9 Å². The average Bonchev–Trinajstić information content (AvgIpc) is 2.89. The largest absolute Gasteiger partial charge is 0.477 e. The summed E-state index contributed by atoms with van der Waals surface area (Å²) in [5.41, 5.74) is 0. The molecule has 0 atom stereocenters. The van der Waals surface area contributed by atoms with Crippen molar-refractivity contribution in [2.45, 2.75) is 19.3 Å². The van der Waals surface area contributed by atoms with Gasteiger partial charge < -0.3 is 4.74 Å². The normalized spacial score (nSPS) is 16.1. The molecular formula is C13H19BrN2OS. The van der Waals surface area contributed by atoms with Gasteiger partial charge in [0.25, 0.3) is 0 Å². The van der Waals surface area contributed by atoms with Crippen LogP contribution >= 0.6 is 27.7 Å². The molecule has 1 aromatic rings. The van der Waals surface area contributed by atoms with Crippen molar-refractivity contribution in [3.63, 3.8) is 0 Å². The Morgan fingerprint density at radius 3 is 3.11 bits per heavy atom. The summed E-state index contributed by atoms with van der Waals surface area (Å²) in [6.07, 6.45) is 5.36. The number of hydrogen-bond acceptors (Lipinski definition) is 4. The van der Waals surface area contributed by atoms with Crippen LogP contribution in [0.4, 0.5) is 0 Å². The molecule has 0 amide bonds. The van der Waals surface area contributed by atoms with Crippen LogP contribution in [0.25, 0.3) is 0 Å². The summed E-state index contributed by atoms with van der Waals surface area (Å²) in [6.45, 7) is 3.26. The van der Waals surface area contributed by atoms with E-state index in [1.165, 1.54) is 37.6 Å². The molecule has 3 nitrogen and oxygen atoms in total. The molecule has 5 heteroatoms. The Balaban J connectivity index is 1.52. The second-order valence-electron chi connectivity index (χ2n) is 4.35. The maximum Gasteiger partial charge on any atom is 0.227 e. The monoisotopic (exact) mass is 330 g/mol. The van der Waals surface area contributed by atoms with E-state index in [1.54, 1.807) is 6.20 Å². The van der Waals surface area contributed by atoms with Crippen LogP contribution in [0.2, 0.25) is 0 Å². The molecular weight excluding hydrogens is 312 g/mol. The molecule has 2 rings (SSSR count). The van der Waals surface area contributed by atoms with Crippen LogP contribution in [0.3, 0.4) is 0 Å². The van der Waals surface area contributed by atoms with Crippen molar-refractivity contribution in [1.29, 1.82) is 0 Å². The maximum atomic E-state index is 5.63. The molecule has 0 bridgehead atoms. The fraction of sp³-hybridized carbons (Fsp3) is 0.615. The van der Waals surface area contributed by atoms with Crippen LogP contribution in [0.15, 0.2) is 22.8 Å². The van der Waals surface area contributed by atoms with Crippen LogP contribution < -0.4 is 4.74 Å². The molecule has 0 spiro atoms. The van der Waals surface area contributed by atoms with Crippen molar-refractivity contribution in [2.75, 3.05) is 31.3 Å². The second-order valence-corrected chi connectivity index (χ2v) is 6.28. The summed E-state index contributed by atoms with van der Waals surface area (Å²) in [5.74, 6) is 3.22. The molecule has 0 saturated carbocycles. The van der Waals surface area contributed by atoms with Gasteiger partial charge in [-0.15, -0.1) is 11.8 Å². The zero-order valence-corrected chi connectivity index (χ0v) is 12.9. The van der Waals surface area contributed by atoms with Crippen LogP contribution in [-0.4, -0.2) is 41.2 Å². The van der Waals surface area contributed by atoms with Crippen LogP contribution in [0, 0.1) is 0 Å². The fourth-order valence-corrected chi connectivity index (χ4v) is 3.29. The van der Waals surface area contributed by atoms with Crippen LogP contribution in [0.5, 0.6) is 5.88 Å². The Kier molecular flexibility index (Phi) is 6.31. The van der Waals surface area contributed by atoms with E-state index in [9.17, 15) is 0 Å². The number of hydrogen-bond donors (Lipinski definition) is 0. The fourth-order valence-electron chi connectivity index (χ4n) is 1.89. The van der Waals surface area contributed by atoms with E-state index in [4.69, 9.17) is 4.74 Å². The minimum atomic E-state index is 0.702. The third kappa shape index (κ3) is 4.78. The molecule has 2 heterocycles. The molecule has 0 aromatic carbocycles. The molecule has 1 aromatic heterocycles. The molecule has 0 N–H and O–H groups in total. The van der Waals surface area contributed by atoms with E-state index < -0.39 is 0 Å². The molecule has 1 saturated heterocycles. The molecule has 1 aliphatic heterocycles. The number of thioether (sulfide) groups is 1. The van der Waals surface area contributed by atoms with Gasteiger partial charge in [0.15, 0.2) is 0 Å². The summed E-state index contributed by atoms with van der Waals surface area (Å²) in [4.78, 5) is 6.71. The molecule has 1 fully saturated rings. The summed E-state index contributed by atoms with van der Waals surface area (Å²) >= 11 is 5.46. The lowest BCUT2D eigenvalue weighted by Gasteiger charge is -2.13. The Bertz CT molecular complexity index is 359. The number of aromatic nitrogens is 1. The first-order chi connectivity index (χ1) is 8.86. The zero-order chi connectivity index (χ0) is 12.6. The SMILES string of the molecule is Brc1cccnc1OCCCCCN1CCSC1. The van der Waals surface area contributed by atoms with Crippen molar-refractivity contribution in [3.8, 4) is 5.88 Å². The van der Waals surface area contributed by atoms with Gasteiger partial charge in [-0.2, -0.15) is 0 Å². The van der Waals surface area contributed by atoms with E-state index >= 15 is 0 Å². The highest BCUT2D eigenvalue weighted by Gasteiger charge is 2.10. The Labute approximate surface area is 121 Å². The van der Waals surface area contributed by atoms with Crippen molar-refractivity contribution in [1.82, 2.24) is 9.88 Å². The summed E-state index contributed by atoms with van der Waals surface area (Å²) in [7, 11) is 0. The Morgan fingerprint density at radius 1 is 1.39 bits per heavy atom. The van der Waals surface area contributed by atoms with Gasteiger partial charge in [-0.3, -0.25) is 4.90 Å². The highest BCUT2D eigenvalue weighted by Crippen LogP contribution is 2.21. The van der Waals surface area contributed by atoms with Gasteiger partial charge in [-0.25, -0.2) is 4.98 Å². The lowest BCUT2D eigenvalue weighted by atomic mass is 10.2. The van der Waals surface area contributed by atoms with E-state index in [2.05, 4.69) is 25.8 Å². The topological polar surface area (TPSA) is 25.4 Å². The third-order valence-corrected chi connectivity index (χ3v) is 4.53. The van der Waals surface area contributed by atoms with Crippen LogP contribution in [0.1, 0.15) is 19.3 Å². The van der Waals surface area contributed by atoms with Gasteiger partial charge in [0, 0.05) is 24.4 Å². The third-order valence-electron chi connectivity index (χ3n) is 2.91. The molecule has 0 radical (unpaired) electrons. The highest BCUT2D eigenvalue weighted by molar-refractivity contribution is 9.10. The van der Waals surface area contributed by atoms with Crippen molar-refractivity contribution in [3.05, 3.63) is 22.8 Å². The maximum absolute atomic E-state index is 5.63. The minimum Gasteiger partial charge on any atom is -0.477 e. The van der Waals surface area contributed by atoms with Gasteiger partial charge in [-0.1, -0.05) is 0 Å². The van der Waals surface area contributed by atoms with E-state index in [-0.39, 0.29) is 0 Å². The van der Waals surface area contributed by atoms with Crippen LogP contribution in [-0.2, 0) is 0 Å². The predicted octanol–water partition coefficient (Wildman–Crippen LogP) is 3.40. The standard InChI is InChI=1S/C13H19BrN2OS/c14-12-5-4-6-15-13(12)17-9-3-1-2-7-16-8-10-18-11-16/h4-6H,1-3,7-11H2. The lowest BCUT2D eigenvalue weighted by Crippen LogP contribution is -2.20. The zero-order valence-electron chi connectivity index (χ0n) is 10.5. The minimum absolute atomic E-state index is 0.702. The van der Waals surface area contributed by atoms with Gasteiger partial charge in [0.05, 0.1) is 11.1 Å². The number of nitrogens with zero attached hydrogens (tertiary/aromatic N) is 2. The smallest absolute Gasteiger partial charge is 0.227 e. The Morgan fingerprint density at radius 2 is 2.33 bits per heavy atom. The molecule has 18 heavy (non-hydrogen) atoms. The van der Waals surface area contributed by atoms with Gasteiger partial charge >= 0.3 is 0 Å². The van der Waals surface area contributed by atoms with E-state index in [0.717, 1.165) is 17.5 Å². The number of rotatable bonds is 7. The van der Waals surface area contributed by atoms with Crippen molar-refractivity contribution in [2.24, 2.45) is 0 Å². The van der Waals surface area contributed by atoms with E-state index in [0.29, 0.717) is 5.88 Å². The van der Waals surface area contributed by atoms with Crippen molar-refractivity contribution < 1.29 is 4.74 Å². The molecule has 100 valence electrons. The van der Waals surface area contributed by atoms with Crippen molar-refractivity contribution >= 4 is 27.7 Å². The molecule has 1 aliphatic rings. The second kappa shape index (κ2) is 8.02. The summed E-state index contributed by atoms with van der Waals surface area (Å²) < 4.78 is 6.56. The first-order valence-electron chi connectivity index (χ1n) is 6.39. The number of unbranched alkanes of at least 4 members (excludes halogenated alkanes) is 2. The quantitative estimate of drug-likeness (QED) is 0.715. The molecule has 0 unspecified atom stereocenters. The predicted molar refractivity (Wildman–Crippen MR) is 80.2 cm³/mol. The van der Waals surface area contributed by atoms with Gasteiger partial charge in [0.2, 0.25) is 5.88 Å². The molecule has 0 aliphatic carbocycles. The lowest BCUT2D eigenvalue weighted by molar-refractivity contribution is 0.283. The van der Waals surface area contributed by atoms with Gasteiger partial charge in [-0.05, 0) is 53.9 Å².